The van der Waals surface area contributed by atoms with Gasteiger partial charge in [0, 0.05) is 46.2 Å². The standard InChI is InChI=1S/C18H26N4O2S2.HI/c1-19-18(22(4)12-11-16-9-7-13-25-16)20-14-15-8-5-6-10-17(15)26(23,24)21(2)3;/h5-10,13H,11-12,14H2,1-4H3,(H,19,20);1H. The van der Waals surface area contributed by atoms with Gasteiger partial charge < -0.3 is 10.2 Å². The number of rotatable bonds is 7. The van der Waals surface area contributed by atoms with Gasteiger partial charge in [0.1, 0.15) is 0 Å². The van der Waals surface area contributed by atoms with Crippen LogP contribution >= 0.6 is 35.3 Å². The maximum absolute atomic E-state index is 12.5. The van der Waals surface area contributed by atoms with Crippen molar-refractivity contribution in [3.63, 3.8) is 0 Å². The second kappa shape index (κ2) is 11.0. The minimum absolute atomic E-state index is 0. The predicted molar refractivity (Wildman–Crippen MR) is 124 cm³/mol. The molecule has 1 heterocycles. The van der Waals surface area contributed by atoms with Crippen molar-refractivity contribution in [2.45, 2.75) is 17.9 Å². The van der Waals surface area contributed by atoms with Crippen LogP contribution in [0.4, 0.5) is 0 Å². The lowest BCUT2D eigenvalue weighted by atomic mass is 10.2. The molecule has 0 fully saturated rings. The molecule has 2 aromatic rings. The maximum Gasteiger partial charge on any atom is 0.242 e. The van der Waals surface area contributed by atoms with Crippen molar-refractivity contribution in [3.8, 4) is 0 Å². The highest BCUT2D eigenvalue weighted by atomic mass is 127. The summed E-state index contributed by atoms with van der Waals surface area (Å²) in [5, 5.41) is 5.34. The van der Waals surface area contributed by atoms with E-state index in [2.05, 4.69) is 27.8 Å². The molecule has 0 aliphatic heterocycles. The van der Waals surface area contributed by atoms with E-state index in [1.54, 1.807) is 30.5 Å². The highest BCUT2D eigenvalue weighted by molar-refractivity contribution is 14.0. The Labute approximate surface area is 183 Å². The Morgan fingerprint density at radius 3 is 2.44 bits per heavy atom. The Kier molecular flexibility index (Phi) is 9.71. The first kappa shape index (κ1) is 23.9. The number of likely N-dealkylation sites (N-methyl/N-ethyl adjacent to an activating group) is 1. The molecule has 0 aliphatic rings. The smallest absolute Gasteiger partial charge is 0.242 e. The van der Waals surface area contributed by atoms with Crippen molar-refractivity contribution < 1.29 is 8.42 Å². The number of aliphatic imine (C=N–C) groups is 1. The van der Waals surface area contributed by atoms with Gasteiger partial charge in [0.2, 0.25) is 10.0 Å². The summed E-state index contributed by atoms with van der Waals surface area (Å²) in [5.41, 5.74) is 0.717. The fourth-order valence-corrected chi connectivity index (χ4v) is 4.31. The monoisotopic (exact) mass is 522 g/mol. The van der Waals surface area contributed by atoms with E-state index >= 15 is 0 Å². The van der Waals surface area contributed by atoms with E-state index < -0.39 is 10.0 Å². The van der Waals surface area contributed by atoms with Crippen molar-refractivity contribution in [2.75, 3.05) is 34.7 Å². The van der Waals surface area contributed by atoms with Crippen LogP contribution in [0.2, 0.25) is 0 Å². The molecule has 6 nitrogen and oxygen atoms in total. The van der Waals surface area contributed by atoms with Gasteiger partial charge >= 0.3 is 0 Å². The molecule has 0 aliphatic carbocycles. The normalized spacial score (nSPS) is 12.0. The number of hydrogen-bond acceptors (Lipinski definition) is 4. The summed E-state index contributed by atoms with van der Waals surface area (Å²) in [7, 11) is 3.30. The first-order chi connectivity index (χ1) is 12.4. The maximum atomic E-state index is 12.5. The third kappa shape index (κ3) is 6.44. The molecular weight excluding hydrogens is 495 g/mol. The summed E-state index contributed by atoms with van der Waals surface area (Å²) in [6.07, 6.45) is 0.945. The molecule has 1 aromatic carbocycles. The van der Waals surface area contributed by atoms with Gasteiger partial charge in [-0.25, -0.2) is 12.7 Å². The molecule has 150 valence electrons. The second-order valence-corrected chi connectivity index (χ2v) is 9.20. The van der Waals surface area contributed by atoms with Crippen LogP contribution in [0.3, 0.4) is 0 Å². The molecule has 0 saturated heterocycles. The Morgan fingerprint density at radius 1 is 1.15 bits per heavy atom. The van der Waals surface area contributed by atoms with Crippen LogP contribution in [0.1, 0.15) is 10.4 Å². The molecule has 0 amide bonds. The zero-order valence-electron chi connectivity index (χ0n) is 16.0. The molecule has 1 aromatic heterocycles. The quantitative estimate of drug-likeness (QED) is 0.345. The number of benzene rings is 1. The predicted octanol–water partition coefficient (Wildman–Crippen LogP) is 2.87. The number of sulfonamides is 1. The Morgan fingerprint density at radius 2 is 1.85 bits per heavy atom. The summed E-state index contributed by atoms with van der Waals surface area (Å²) >= 11 is 1.74. The molecule has 27 heavy (non-hydrogen) atoms. The Bertz CT molecular complexity index is 837. The number of halogens is 1. The van der Waals surface area contributed by atoms with E-state index in [0.717, 1.165) is 18.9 Å². The van der Waals surface area contributed by atoms with Gasteiger partial charge in [-0.1, -0.05) is 24.3 Å². The summed E-state index contributed by atoms with van der Waals surface area (Å²) in [6, 6.07) is 11.2. The SMILES string of the molecule is CN=C(NCc1ccccc1S(=O)(=O)N(C)C)N(C)CCc1cccs1.I. The number of thiophene rings is 1. The topological polar surface area (TPSA) is 65.0 Å². The van der Waals surface area contributed by atoms with Crippen molar-refractivity contribution in [3.05, 3.63) is 52.2 Å². The molecule has 0 atom stereocenters. The minimum atomic E-state index is -3.48. The van der Waals surface area contributed by atoms with Gasteiger partial charge in [0.25, 0.3) is 0 Å². The lowest BCUT2D eigenvalue weighted by molar-refractivity contribution is 0.485. The fourth-order valence-electron chi connectivity index (χ4n) is 2.50. The zero-order valence-corrected chi connectivity index (χ0v) is 20.0. The number of nitrogens with one attached hydrogen (secondary N) is 1. The van der Waals surface area contributed by atoms with Gasteiger partial charge in [-0.3, -0.25) is 4.99 Å². The van der Waals surface area contributed by atoms with Crippen LogP contribution in [-0.2, 0) is 23.0 Å². The van der Waals surface area contributed by atoms with E-state index in [0.29, 0.717) is 17.0 Å². The molecule has 0 saturated carbocycles. The molecule has 0 bridgehead atoms. The van der Waals surface area contributed by atoms with Crippen molar-refractivity contribution >= 4 is 51.3 Å². The molecule has 1 N–H and O–H groups in total. The van der Waals surface area contributed by atoms with Gasteiger partial charge in [-0.05, 0) is 29.5 Å². The number of guanidine groups is 1. The van der Waals surface area contributed by atoms with Gasteiger partial charge in [-0.2, -0.15) is 0 Å². The molecule has 2 rings (SSSR count). The number of nitrogens with zero attached hydrogens (tertiary/aromatic N) is 3. The van der Waals surface area contributed by atoms with E-state index in [9.17, 15) is 8.42 Å². The minimum Gasteiger partial charge on any atom is -0.352 e. The molecular formula is C18H27IN4O2S2. The van der Waals surface area contributed by atoms with E-state index in [-0.39, 0.29) is 24.0 Å². The lowest BCUT2D eigenvalue weighted by Gasteiger charge is -2.22. The van der Waals surface area contributed by atoms with Crippen molar-refractivity contribution in [1.82, 2.24) is 14.5 Å². The average molecular weight is 522 g/mol. The molecule has 0 spiro atoms. The van der Waals surface area contributed by atoms with Crippen molar-refractivity contribution in [1.29, 1.82) is 0 Å². The molecule has 0 radical (unpaired) electrons. The first-order valence-corrected chi connectivity index (χ1v) is 10.6. The van der Waals surface area contributed by atoms with Crippen LogP contribution in [0.15, 0.2) is 51.7 Å². The van der Waals surface area contributed by atoms with E-state index in [4.69, 9.17) is 0 Å². The highest BCUT2D eigenvalue weighted by Crippen LogP contribution is 2.18. The van der Waals surface area contributed by atoms with Gasteiger partial charge in [0.15, 0.2) is 5.96 Å². The first-order valence-electron chi connectivity index (χ1n) is 8.31. The lowest BCUT2D eigenvalue weighted by Crippen LogP contribution is -2.39. The molecule has 0 unspecified atom stereocenters. The zero-order chi connectivity index (χ0) is 19.2. The Hall–Kier alpha value is -1.17. The molecule has 9 heteroatoms. The summed E-state index contributed by atoms with van der Waals surface area (Å²) < 4.78 is 26.2. The van der Waals surface area contributed by atoms with Crippen LogP contribution < -0.4 is 5.32 Å². The third-order valence-electron chi connectivity index (χ3n) is 4.02. The third-order valence-corrected chi connectivity index (χ3v) is 6.87. The van der Waals surface area contributed by atoms with Gasteiger partial charge in [-0.15, -0.1) is 35.3 Å². The number of hydrogen-bond donors (Lipinski definition) is 1. The Balaban J connectivity index is 0.00000364. The summed E-state index contributed by atoms with van der Waals surface area (Å²) in [4.78, 5) is 7.99. The summed E-state index contributed by atoms with van der Waals surface area (Å²) in [6.45, 7) is 1.22. The summed E-state index contributed by atoms with van der Waals surface area (Å²) in [5.74, 6) is 0.735. The van der Waals surface area contributed by atoms with Gasteiger partial charge in [0.05, 0.1) is 4.90 Å². The fraction of sp³-hybridized carbons (Fsp3) is 0.389. The van der Waals surface area contributed by atoms with Crippen LogP contribution in [0.25, 0.3) is 0 Å². The second-order valence-electron chi connectivity index (χ2n) is 6.05. The van der Waals surface area contributed by atoms with E-state index in [1.165, 1.54) is 23.3 Å². The highest BCUT2D eigenvalue weighted by Gasteiger charge is 2.20. The van der Waals surface area contributed by atoms with Crippen LogP contribution in [0.5, 0.6) is 0 Å². The average Bonchev–Trinajstić information content (AvgIpc) is 3.14. The van der Waals surface area contributed by atoms with Crippen LogP contribution in [0, 0.1) is 0 Å². The largest absolute Gasteiger partial charge is 0.352 e. The van der Waals surface area contributed by atoms with Crippen molar-refractivity contribution in [2.24, 2.45) is 4.99 Å². The van der Waals surface area contributed by atoms with E-state index in [1.807, 2.05) is 24.1 Å². The van der Waals surface area contributed by atoms with Crippen LogP contribution in [-0.4, -0.2) is 58.3 Å².